The number of amides is 1. The standard InChI is InChI=1S/C8H14N2O/c1-3-8(6-9)4-5-10(2)7-11/h7-8H,3-5H2,1-2H3/t8-/m1/s1. The molecule has 1 atom stereocenters. The highest BCUT2D eigenvalue weighted by atomic mass is 16.1. The van der Waals surface area contributed by atoms with Gasteiger partial charge in [0.05, 0.1) is 6.07 Å². The van der Waals surface area contributed by atoms with Gasteiger partial charge < -0.3 is 4.90 Å². The fraction of sp³-hybridized carbons (Fsp3) is 0.750. The van der Waals surface area contributed by atoms with Gasteiger partial charge in [0.15, 0.2) is 0 Å². The van der Waals surface area contributed by atoms with Gasteiger partial charge in [0, 0.05) is 19.5 Å². The maximum Gasteiger partial charge on any atom is 0.209 e. The third-order valence-electron chi connectivity index (χ3n) is 1.69. The van der Waals surface area contributed by atoms with Gasteiger partial charge in [0.25, 0.3) is 0 Å². The minimum Gasteiger partial charge on any atom is -0.348 e. The Labute approximate surface area is 67.6 Å². The molecule has 0 aromatic carbocycles. The van der Waals surface area contributed by atoms with Crippen LogP contribution >= 0.6 is 0 Å². The Kier molecular flexibility index (Phi) is 5.18. The molecule has 0 saturated heterocycles. The molecule has 0 aliphatic carbocycles. The maximum absolute atomic E-state index is 10.1. The van der Waals surface area contributed by atoms with Crippen molar-refractivity contribution < 1.29 is 4.79 Å². The van der Waals surface area contributed by atoms with Crippen LogP contribution in [0.1, 0.15) is 19.8 Å². The molecule has 0 saturated carbocycles. The number of carbonyl (C=O) groups is 1. The molecule has 3 heteroatoms. The summed E-state index contributed by atoms with van der Waals surface area (Å²) >= 11 is 0. The second-order valence-electron chi connectivity index (χ2n) is 2.61. The number of carbonyl (C=O) groups excluding carboxylic acids is 1. The lowest BCUT2D eigenvalue weighted by molar-refractivity contribution is -0.117. The molecule has 0 spiro atoms. The van der Waals surface area contributed by atoms with Gasteiger partial charge in [-0.2, -0.15) is 5.26 Å². The molecule has 62 valence electrons. The predicted octanol–water partition coefficient (Wildman–Crippen LogP) is 1.01. The lowest BCUT2D eigenvalue weighted by Crippen LogP contribution is -2.19. The number of hydrogen-bond acceptors (Lipinski definition) is 2. The molecule has 0 radical (unpaired) electrons. The Morgan fingerprint density at radius 2 is 2.36 bits per heavy atom. The fourth-order valence-electron chi connectivity index (χ4n) is 0.772. The van der Waals surface area contributed by atoms with Gasteiger partial charge in [-0.15, -0.1) is 0 Å². The van der Waals surface area contributed by atoms with E-state index in [-0.39, 0.29) is 5.92 Å². The summed E-state index contributed by atoms with van der Waals surface area (Å²) in [7, 11) is 1.72. The van der Waals surface area contributed by atoms with E-state index in [0.29, 0.717) is 6.54 Å². The third kappa shape index (κ3) is 4.38. The van der Waals surface area contributed by atoms with Crippen LogP contribution in [0.25, 0.3) is 0 Å². The monoisotopic (exact) mass is 154 g/mol. The zero-order valence-corrected chi connectivity index (χ0v) is 7.08. The van der Waals surface area contributed by atoms with E-state index in [1.165, 1.54) is 0 Å². The van der Waals surface area contributed by atoms with Crippen molar-refractivity contribution in [1.29, 1.82) is 5.26 Å². The van der Waals surface area contributed by atoms with E-state index in [1.807, 2.05) is 6.92 Å². The van der Waals surface area contributed by atoms with E-state index in [0.717, 1.165) is 19.3 Å². The summed E-state index contributed by atoms with van der Waals surface area (Å²) < 4.78 is 0. The van der Waals surface area contributed by atoms with Crippen molar-refractivity contribution in [3.63, 3.8) is 0 Å². The molecule has 0 rings (SSSR count). The van der Waals surface area contributed by atoms with Crippen LogP contribution in [-0.2, 0) is 4.79 Å². The second kappa shape index (κ2) is 5.72. The zero-order chi connectivity index (χ0) is 8.69. The van der Waals surface area contributed by atoms with Gasteiger partial charge >= 0.3 is 0 Å². The second-order valence-corrected chi connectivity index (χ2v) is 2.61. The van der Waals surface area contributed by atoms with Crippen LogP contribution in [0.5, 0.6) is 0 Å². The first-order valence-electron chi connectivity index (χ1n) is 3.79. The van der Waals surface area contributed by atoms with Crippen molar-refractivity contribution in [2.45, 2.75) is 19.8 Å². The van der Waals surface area contributed by atoms with E-state index < -0.39 is 0 Å². The maximum atomic E-state index is 10.1. The van der Waals surface area contributed by atoms with Crippen LogP contribution < -0.4 is 0 Å². The largest absolute Gasteiger partial charge is 0.348 e. The molecule has 3 nitrogen and oxygen atoms in total. The number of rotatable bonds is 5. The minimum absolute atomic E-state index is 0.0948. The van der Waals surface area contributed by atoms with E-state index >= 15 is 0 Å². The summed E-state index contributed by atoms with van der Waals surface area (Å²) in [6.45, 7) is 2.66. The lowest BCUT2D eigenvalue weighted by atomic mass is 10.0. The van der Waals surface area contributed by atoms with Crippen molar-refractivity contribution in [2.24, 2.45) is 5.92 Å². The van der Waals surface area contributed by atoms with Crippen molar-refractivity contribution in [3.05, 3.63) is 0 Å². The number of hydrogen-bond donors (Lipinski definition) is 0. The molecule has 0 aromatic rings. The summed E-state index contributed by atoms with van der Waals surface area (Å²) in [6, 6.07) is 2.19. The molecule has 0 bridgehead atoms. The summed E-state index contributed by atoms with van der Waals surface area (Å²) in [5, 5.41) is 8.55. The molecule has 0 N–H and O–H groups in total. The van der Waals surface area contributed by atoms with Crippen molar-refractivity contribution in [2.75, 3.05) is 13.6 Å². The van der Waals surface area contributed by atoms with Gasteiger partial charge in [0.2, 0.25) is 6.41 Å². The normalized spacial score (nSPS) is 11.7. The first-order chi connectivity index (χ1) is 5.24. The van der Waals surface area contributed by atoms with Crippen molar-refractivity contribution in [3.8, 4) is 6.07 Å². The molecule has 0 aliphatic rings. The highest BCUT2D eigenvalue weighted by Crippen LogP contribution is 2.05. The Morgan fingerprint density at radius 3 is 2.73 bits per heavy atom. The van der Waals surface area contributed by atoms with Crippen LogP contribution in [0.15, 0.2) is 0 Å². The van der Waals surface area contributed by atoms with Gasteiger partial charge in [-0.1, -0.05) is 6.92 Å². The number of nitriles is 1. The summed E-state index contributed by atoms with van der Waals surface area (Å²) in [5.74, 6) is 0.0948. The van der Waals surface area contributed by atoms with Crippen LogP contribution in [0, 0.1) is 17.2 Å². The average molecular weight is 154 g/mol. The summed E-state index contributed by atoms with van der Waals surface area (Å²) in [5.41, 5.74) is 0. The first kappa shape index (κ1) is 9.96. The van der Waals surface area contributed by atoms with Gasteiger partial charge in [-0.05, 0) is 12.8 Å². The first-order valence-corrected chi connectivity index (χ1v) is 3.79. The molecular formula is C8H14N2O. The lowest BCUT2D eigenvalue weighted by Gasteiger charge is -2.11. The third-order valence-corrected chi connectivity index (χ3v) is 1.69. The molecule has 11 heavy (non-hydrogen) atoms. The highest BCUT2D eigenvalue weighted by molar-refractivity contribution is 5.46. The molecule has 0 aromatic heterocycles. The molecule has 1 amide bonds. The van der Waals surface area contributed by atoms with E-state index in [9.17, 15) is 4.79 Å². The van der Waals surface area contributed by atoms with Crippen molar-refractivity contribution in [1.82, 2.24) is 4.90 Å². The Hall–Kier alpha value is -1.04. The summed E-state index contributed by atoms with van der Waals surface area (Å²) in [4.78, 5) is 11.7. The Morgan fingerprint density at radius 1 is 1.73 bits per heavy atom. The molecular weight excluding hydrogens is 140 g/mol. The van der Waals surface area contributed by atoms with Crippen molar-refractivity contribution >= 4 is 6.41 Å². The number of nitrogens with zero attached hydrogens (tertiary/aromatic N) is 2. The minimum atomic E-state index is 0.0948. The quantitative estimate of drug-likeness (QED) is 0.555. The van der Waals surface area contributed by atoms with E-state index in [4.69, 9.17) is 5.26 Å². The fourth-order valence-corrected chi connectivity index (χ4v) is 0.772. The van der Waals surface area contributed by atoms with Crippen LogP contribution in [0.4, 0.5) is 0 Å². The Balaban J connectivity index is 3.52. The molecule has 0 aliphatic heterocycles. The highest BCUT2D eigenvalue weighted by Gasteiger charge is 2.04. The molecule has 0 heterocycles. The van der Waals surface area contributed by atoms with E-state index in [1.54, 1.807) is 11.9 Å². The van der Waals surface area contributed by atoms with Crippen LogP contribution in [0.2, 0.25) is 0 Å². The van der Waals surface area contributed by atoms with Gasteiger partial charge in [-0.25, -0.2) is 0 Å². The molecule has 0 unspecified atom stereocenters. The molecule has 0 fully saturated rings. The SMILES string of the molecule is CC[C@@H](C#N)CCN(C)C=O. The Bertz CT molecular complexity index is 151. The van der Waals surface area contributed by atoms with Crippen LogP contribution in [0.3, 0.4) is 0 Å². The summed E-state index contributed by atoms with van der Waals surface area (Å²) in [6.07, 6.45) is 2.43. The van der Waals surface area contributed by atoms with E-state index in [2.05, 4.69) is 6.07 Å². The van der Waals surface area contributed by atoms with Gasteiger partial charge in [0.1, 0.15) is 0 Å². The zero-order valence-electron chi connectivity index (χ0n) is 7.08. The van der Waals surface area contributed by atoms with Crippen LogP contribution in [-0.4, -0.2) is 24.9 Å². The predicted molar refractivity (Wildman–Crippen MR) is 42.7 cm³/mol. The smallest absolute Gasteiger partial charge is 0.209 e. The topological polar surface area (TPSA) is 44.1 Å². The average Bonchev–Trinajstić information content (AvgIpc) is 2.06. The van der Waals surface area contributed by atoms with Gasteiger partial charge in [-0.3, -0.25) is 4.79 Å².